The molecule has 0 spiro atoms. The second-order valence-corrected chi connectivity index (χ2v) is 5.50. The third kappa shape index (κ3) is 3.44. The fourth-order valence-corrected chi connectivity index (χ4v) is 2.97. The molecule has 0 atom stereocenters. The molecule has 1 aliphatic rings. The molecule has 0 bridgehead atoms. The van der Waals surface area contributed by atoms with Crippen LogP contribution in [0.1, 0.15) is 56.8 Å². The third-order valence-corrected chi connectivity index (χ3v) is 3.97. The minimum atomic E-state index is 0.372. The minimum Gasteiger partial charge on any atom is -0.299 e. The summed E-state index contributed by atoms with van der Waals surface area (Å²) in [5, 5.41) is 4.38. The van der Waals surface area contributed by atoms with E-state index >= 15 is 0 Å². The van der Waals surface area contributed by atoms with E-state index in [1.165, 1.54) is 25.7 Å². The second kappa shape index (κ2) is 6.17. The molecule has 1 heterocycles. The van der Waals surface area contributed by atoms with Crippen molar-refractivity contribution in [2.24, 2.45) is 5.92 Å². The van der Waals surface area contributed by atoms with Gasteiger partial charge in [-0.1, -0.05) is 25.7 Å². The van der Waals surface area contributed by atoms with Crippen molar-refractivity contribution in [3.63, 3.8) is 0 Å². The average Bonchev–Trinajstić information content (AvgIpc) is 2.96. The van der Waals surface area contributed by atoms with Crippen molar-refractivity contribution in [1.82, 2.24) is 9.78 Å². The molecular weight excluding hydrogens is 224 g/mol. The molecular formula is C15H24N2O. The van der Waals surface area contributed by atoms with Crippen molar-refractivity contribution in [3.8, 4) is 0 Å². The van der Waals surface area contributed by atoms with Gasteiger partial charge in [-0.3, -0.25) is 9.48 Å². The summed E-state index contributed by atoms with van der Waals surface area (Å²) in [5.74, 6) is 1.18. The van der Waals surface area contributed by atoms with E-state index in [2.05, 4.69) is 12.0 Å². The first-order valence-electron chi connectivity index (χ1n) is 7.24. The van der Waals surface area contributed by atoms with Crippen LogP contribution < -0.4 is 0 Å². The second-order valence-electron chi connectivity index (χ2n) is 5.50. The Kier molecular flexibility index (Phi) is 4.56. The number of aromatic nitrogens is 2. The van der Waals surface area contributed by atoms with Gasteiger partial charge in [-0.05, 0) is 32.3 Å². The number of rotatable bonds is 6. The standard InChI is InChI=1S/C15H24N2O/c1-3-17-14(10-12(2)16-17)11-15(18)9-8-13-6-4-5-7-13/h10,13H,3-9,11H2,1-2H3. The summed E-state index contributed by atoms with van der Waals surface area (Å²) < 4.78 is 1.95. The predicted molar refractivity (Wildman–Crippen MR) is 72.5 cm³/mol. The topological polar surface area (TPSA) is 34.9 Å². The van der Waals surface area contributed by atoms with Gasteiger partial charge >= 0.3 is 0 Å². The molecule has 18 heavy (non-hydrogen) atoms. The Bertz CT molecular complexity index is 403. The SMILES string of the molecule is CCn1nc(C)cc1CC(=O)CCC1CCCC1. The fraction of sp³-hybridized carbons (Fsp3) is 0.733. The molecule has 0 radical (unpaired) electrons. The molecule has 2 rings (SSSR count). The van der Waals surface area contributed by atoms with Crippen LogP contribution in [0.25, 0.3) is 0 Å². The summed E-state index contributed by atoms with van der Waals surface area (Å²) in [5.41, 5.74) is 2.09. The highest BCUT2D eigenvalue weighted by Gasteiger charge is 2.17. The molecule has 1 aliphatic carbocycles. The van der Waals surface area contributed by atoms with Crippen molar-refractivity contribution in [2.75, 3.05) is 0 Å². The molecule has 0 saturated heterocycles. The van der Waals surface area contributed by atoms with E-state index in [-0.39, 0.29) is 0 Å². The molecule has 0 aliphatic heterocycles. The lowest BCUT2D eigenvalue weighted by atomic mass is 9.99. The number of hydrogen-bond acceptors (Lipinski definition) is 2. The third-order valence-electron chi connectivity index (χ3n) is 3.97. The number of nitrogens with zero attached hydrogens (tertiary/aromatic N) is 2. The molecule has 0 unspecified atom stereocenters. The summed E-state index contributed by atoms with van der Waals surface area (Å²) in [6.45, 7) is 4.90. The van der Waals surface area contributed by atoms with E-state index in [9.17, 15) is 4.79 Å². The Morgan fingerprint density at radius 2 is 2.17 bits per heavy atom. The Balaban J connectivity index is 1.82. The van der Waals surface area contributed by atoms with Crippen LogP contribution in [0.15, 0.2) is 6.07 Å². The molecule has 1 saturated carbocycles. The van der Waals surface area contributed by atoms with Crippen molar-refractivity contribution in [2.45, 2.75) is 65.3 Å². The van der Waals surface area contributed by atoms with Crippen LogP contribution in [0, 0.1) is 12.8 Å². The van der Waals surface area contributed by atoms with E-state index in [0.29, 0.717) is 12.2 Å². The highest BCUT2D eigenvalue weighted by Crippen LogP contribution is 2.28. The maximum absolute atomic E-state index is 12.0. The van der Waals surface area contributed by atoms with Crippen LogP contribution in [0.5, 0.6) is 0 Å². The van der Waals surface area contributed by atoms with Crippen LogP contribution in [0.4, 0.5) is 0 Å². The first-order valence-corrected chi connectivity index (χ1v) is 7.24. The highest BCUT2D eigenvalue weighted by molar-refractivity contribution is 5.80. The van der Waals surface area contributed by atoms with Gasteiger partial charge in [-0.2, -0.15) is 5.10 Å². The number of hydrogen-bond donors (Lipinski definition) is 0. The van der Waals surface area contributed by atoms with Gasteiger partial charge in [0, 0.05) is 25.1 Å². The Labute approximate surface area is 110 Å². The van der Waals surface area contributed by atoms with Gasteiger partial charge in [0.25, 0.3) is 0 Å². The first-order chi connectivity index (χ1) is 8.69. The zero-order valence-corrected chi connectivity index (χ0v) is 11.6. The zero-order valence-electron chi connectivity index (χ0n) is 11.6. The van der Waals surface area contributed by atoms with E-state index in [0.717, 1.165) is 36.7 Å². The number of Topliss-reactive ketones (excluding diaryl/α,β-unsaturated/α-hetero) is 1. The molecule has 3 nitrogen and oxygen atoms in total. The molecule has 1 aromatic heterocycles. The first kappa shape index (κ1) is 13.3. The molecule has 0 N–H and O–H groups in total. The quantitative estimate of drug-likeness (QED) is 0.774. The molecule has 1 aromatic rings. The lowest BCUT2D eigenvalue weighted by molar-refractivity contribution is -0.118. The van der Waals surface area contributed by atoms with Crippen LogP contribution in [0.2, 0.25) is 0 Å². The number of carbonyl (C=O) groups excluding carboxylic acids is 1. The number of ketones is 1. The largest absolute Gasteiger partial charge is 0.299 e. The maximum atomic E-state index is 12.0. The number of carbonyl (C=O) groups is 1. The van der Waals surface area contributed by atoms with Crippen molar-refractivity contribution in [1.29, 1.82) is 0 Å². The lowest BCUT2D eigenvalue weighted by Crippen LogP contribution is -2.10. The van der Waals surface area contributed by atoms with Crippen LogP contribution in [-0.4, -0.2) is 15.6 Å². The van der Waals surface area contributed by atoms with Gasteiger partial charge in [0.1, 0.15) is 5.78 Å². The van der Waals surface area contributed by atoms with Crippen LogP contribution in [0.3, 0.4) is 0 Å². The van der Waals surface area contributed by atoms with Gasteiger partial charge < -0.3 is 0 Å². The summed E-state index contributed by atoms with van der Waals surface area (Å²) in [6, 6.07) is 2.04. The summed E-state index contributed by atoms with van der Waals surface area (Å²) >= 11 is 0. The lowest BCUT2D eigenvalue weighted by Gasteiger charge is -2.08. The van der Waals surface area contributed by atoms with E-state index in [1.807, 2.05) is 17.7 Å². The van der Waals surface area contributed by atoms with E-state index in [4.69, 9.17) is 0 Å². The normalized spacial score (nSPS) is 16.3. The Morgan fingerprint density at radius 3 is 2.83 bits per heavy atom. The average molecular weight is 248 g/mol. The van der Waals surface area contributed by atoms with Crippen LogP contribution in [-0.2, 0) is 17.8 Å². The van der Waals surface area contributed by atoms with Gasteiger partial charge in [-0.15, -0.1) is 0 Å². The van der Waals surface area contributed by atoms with E-state index < -0.39 is 0 Å². The van der Waals surface area contributed by atoms with E-state index in [1.54, 1.807) is 0 Å². The van der Waals surface area contributed by atoms with Crippen molar-refractivity contribution in [3.05, 3.63) is 17.5 Å². The van der Waals surface area contributed by atoms with Crippen LogP contribution >= 0.6 is 0 Å². The molecule has 1 fully saturated rings. The molecule has 3 heteroatoms. The summed E-state index contributed by atoms with van der Waals surface area (Å²) in [6.07, 6.45) is 7.79. The van der Waals surface area contributed by atoms with Gasteiger partial charge in [0.2, 0.25) is 0 Å². The zero-order chi connectivity index (χ0) is 13.0. The Hall–Kier alpha value is -1.12. The maximum Gasteiger partial charge on any atom is 0.138 e. The summed E-state index contributed by atoms with van der Waals surface area (Å²) in [4.78, 5) is 12.0. The molecule has 100 valence electrons. The Morgan fingerprint density at radius 1 is 1.44 bits per heavy atom. The highest BCUT2D eigenvalue weighted by atomic mass is 16.1. The minimum absolute atomic E-state index is 0.372. The smallest absolute Gasteiger partial charge is 0.138 e. The number of aryl methyl sites for hydroxylation is 2. The van der Waals surface area contributed by atoms with Crippen molar-refractivity contribution < 1.29 is 4.79 Å². The molecule has 0 aromatic carbocycles. The van der Waals surface area contributed by atoms with Crippen molar-refractivity contribution >= 4 is 5.78 Å². The molecule has 0 amide bonds. The van der Waals surface area contributed by atoms with Gasteiger partial charge in [0.15, 0.2) is 0 Å². The van der Waals surface area contributed by atoms with Gasteiger partial charge in [-0.25, -0.2) is 0 Å². The summed E-state index contributed by atoms with van der Waals surface area (Å²) in [7, 11) is 0. The fourth-order valence-electron chi connectivity index (χ4n) is 2.97. The monoisotopic (exact) mass is 248 g/mol. The predicted octanol–water partition coefficient (Wildman–Crippen LogP) is 3.29. The van der Waals surface area contributed by atoms with Gasteiger partial charge in [0.05, 0.1) is 5.69 Å².